The van der Waals surface area contributed by atoms with Gasteiger partial charge in [-0.25, -0.2) is 4.98 Å². The molecule has 0 atom stereocenters. The molecule has 2 aromatic rings. The summed E-state index contributed by atoms with van der Waals surface area (Å²) in [5.74, 6) is 1.26. The molecular formula is C11H13ClN2OS. The zero-order valence-electron chi connectivity index (χ0n) is 9.16. The molecule has 0 bridgehead atoms. The molecule has 0 aliphatic carbocycles. The van der Waals surface area contributed by atoms with Gasteiger partial charge in [0.05, 0.1) is 16.3 Å². The number of nitrogens with two attached hydrogens (primary N) is 1. The molecule has 0 spiro atoms. The van der Waals surface area contributed by atoms with Gasteiger partial charge in [-0.05, 0) is 12.0 Å². The van der Waals surface area contributed by atoms with Crippen LogP contribution in [-0.2, 0) is 0 Å². The summed E-state index contributed by atoms with van der Waals surface area (Å²) >= 11 is 7.52. The first kappa shape index (κ1) is 11.5. The Hall–Kier alpha value is -1.00. The number of nitrogen functional groups attached to an aromatic ring is 1. The monoisotopic (exact) mass is 256 g/mol. The molecule has 0 fully saturated rings. The summed E-state index contributed by atoms with van der Waals surface area (Å²) in [4.78, 5) is 4.16. The maximum atomic E-state index is 6.10. The fourth-order valence-corrected chi connectivity index (χ4v) is 2.43. The van der Waals surface area contributed by atoms with Crippen molar-refractivity contribution in [3.8, 4) is 5.75 Å². The molecule has 5 heteroatoms. The van der Waals surface area contributed by atoms with E-state index in [9.17, 15) is 0 Å². The van der Waals surface area contributed by atoms with Gasteiger partial charge in [0, 0.05) is 6.07 Å². The number of ether oxygens (including phenoxy) is 1. The van der Waals surface area contributed by atoms with Crippen LogP contribution >= 0.6 is 22.9 Å². The fourth-order valence-electron chi connectivity index (χ4n) is 1.33. The van der Waals surface area contributed by atoms with Crippen molar-refractivity contribution in [2.24, 2.45) is 5.92 Å². The first-order valence-electron chi connectivity index (χ1n) is 5.04. The van der Waals surface area contributed by atoms with E-state index in [1.54, 1.807) is 6.07 Å². The maximum absolute atomic E-state index is 6.10. The van der Waals surface area contributed by atoms with Gasteiger partial charge >= 0.3 is 0 Å². The lowest BCUT2D eigenvalue weighted by Gasteiger charge is -2.08. The summed E-state index contributed by atoms with van der Waals surface area (Å²) in [6.45, 7) is 4.88. The van der Waals surface area contributed by atoms with Crippen molar-refractivity contribution in [3.63, 3.8) is 0 Å². The van der Waals surface area contributed by atoms with E-state index in [4.69, 9.17) is 22.1 Å². The van der Waals surface area contributed by atoms with Crippen LogP contribution in [0, 0.1) is 5.92 Å². The molecule has 0 radical (unpaired) electrons. The molecule has 1 aromatic carbocycles. The quantitative estimate of drug-likeness (QED) is 0.913. The van der Waals surface area contributed by atoms with Crippen molar-refractivity contribution < 1.29 is 4.74 Å². The van der Waals surface area contributed by atoms with Gasteiger partial charge in [0.25, 0.3) is 0 Å². The van der Waals surface area contributed by atoms with E-state index in [1.807, 2.05) is 6.07 Å². The number of rotatable bonds is 3. The lowest BCUT2D eigenvalue weighted by atomic mass is 10.2. The third kappa shape index (κ3) is 2.39. The predicted molar refractivity (Wildman–Crippen MR) is 69.4 cm³/mol. The fraction of sp³-hybridized carbons (Fsp3) is 0.364. The zero-order chi connectivity index (χ0) is 11.7. The highest BCUT2D eigenvalue weighted by Crippen LogP contribution is 2.33. The van der Waals surface area contributed by atoms with Crippen LogP contribution in [0.3, 0.4) is 0 Å². The Morgan fingerprint density at radius 3 is 2.94 bits per heavy atom. The summed E-state index contributed by atoms with van der Waals surface area (Å²) in [5.41, 5.74) is 6.39. The third-order valence-electron chi connectivity index (χ3n) is 2.02. The molecule has 0 aliphatic heterocycles. The molecule has 2 rings (SSSR count). The van der Waals surface area contributed by atoms with Crippen molar-refractivity contribution in [3.05, 3.63) is 17.2 Å². The second kappa shape index (κ2) is 4.47. The topological polar surface area (TPSA) is 48.1 Å². The van der Waals surface area contributed by atoms with E-state index >= 15 is 0 Å². The molecule has 0 amide bonds. The van der Waals surface area contributed by atoms with E-state index in [0.29, 0.717) is 22.7 Å². The van der Waals surface area contributed by atoms with Crippen LogP contribution in [0.2, 0.25) is 5.02 Å². The average molecular weight is 257 g/mol. The van der Waals surface area contributed by atoms with Crippen molar-refractivity contribution in [1.29, 1.82) is 0 Å². The second-order valence-electron chi connectivity index (χ2n) is 4.01. The van der Waals surface area contributed by atoms with Gasteiger partial charge < -0.3 is 10.5 Å². The van der Waals surface area contributed by atoms with Crippen molar-refractivity contribution >= 4 is 38.3 Å². The molecule has 0 saturated heterocycles. The minimum absolute atomic E-state index is 0.487. The molecule has 0 saturated carbocycles. The number of nitrogens with zero attached hydrogens (tertiary/aromatic N) is 1. The minimum atomic E-state index is 0.487. The molecule has 0 unspecified atom stereocenters. The Bertz CT molecular complexity index is 510. The van der Waals surface area contributed by atoms with Crippen LogP contribution in [0.4, 0.5) is 5.13 Å². The smallest absolute Gasteiger partial charge is 0.181 e. The number of fused-ring (bicyclic) bond motifs is 1. The van der Waals surface area contributed by atoms with Crippen LogP contribution in [0.25, 0.3) is 10.2 Å². The van der Waals surface area contributed by atoms with Gasteiger partial charge in [0.2, 0.25) is 0 Å². The summed E-state index contributed by atoms with van der Waals surface area (Å²) in [7, 11) is 0. The number of aromatic nitrogens is 1. The molecule has 2 N–H and O–H groups in total. The van der Waals surface area contributed by atoms with E-state index in [2.05, 4.69) is 18.8 Å². The molecule has 0 aliphatic rings. The SMILES string of the molecule is CC(C)COc1cc(Cl)c2nc(N)sc2c1. The van der Waals surface area contributed by atoms with Crippen LogP contribution in [0.15, 0.2) is 12.1 Å². The number of hydrogen-bond acceptors (Lipinski definition) is 4. The molecule has 86 valence electrons. The number of thiazole rings is 1. The van der Waals surface area contributed by atoms with E-state index < -0.39 is 0 Å². The van der Waals surface area contributed by atoms with Gasteiger partial charge in [0.1, 0.15) is 11.3 Å². The predicted octanol–water partition coefficient (Wildman–Crippen LogP) is 3.57. The standard InChI is InChI=1S/C11H13ClN2OS/c1-6(2)5-15-7-3-8(12)10-9(4-7)16-11(13)14-10/h3-4,6H,5H2,1-2H3,(H2,13,14). The van der Waals surface area contributed by atoms with Gasteiger partial charge in [-0.3, -0.25) is 0 Å². The lowest BCUT2D eigenvalue weighted by molar-refractivity contribution is 0.271. The zero-order valence-corrected chi connectivity index (χ0v) is 10.7. The van der Waals surface area contributed by atoms with Crippen LogP contribution < -0.4 is 10.5 Å². The number of anilines is 1. The van der Waals surface area contributed by atoms with E-state index in [1.165, 1.54) is 11.3 Å². The Balaban J connectivity index is 2.33. The Morgan fingerprint density at radius 2 is 2.25 bits per heavy atom. The molecular weight excluding hydrogens is 244 g/mol. The molecule has 1 aromatic heterocycles. The number of hydrogen-bond donors (Lipinski definition) is 1. The van der Waals surface area contributed by atoms with Crippen molar-refractivity contribution in [2.45, 2.75) is 13.8 Å². The highest BCUT2D eigenvalue weighted by molar-refractivity contribution is 7.22. The van der Waals surface area contributed by atoms with Crippen LogP contribution in [0.1, 0.15) is 13.8 Å². The normalized spacial score (nSPS) is 11.2. The number of benzene rings is 1. The second-order valence-corrected chi connectivity index (χ2v) is 5.48. The first-order chi connectivity index (χ1) is 7.56. The van der Waals surface area contributed by atoms with Gasteiger partial charge in [-0.15, -0.1) is 0 Å². The minimum Gasteiger partial charge on any atom is -0.493 e. The Labute approximate surface area is 103 Å². The first-order valence-corrected chi connectivity index (χ1v) is 6.24. The maximum Gasteiger partial charge on any atom is 0.181 e. The highest BCUT2D eigenvalue weighted by Gasteiger charge is 2.08. The molecule has 1 heterocycles. The Morgan fingerprint density at radius 1 is 1.50 bits per heavy atom. The van der Waals surface area contributed by atoms with Crippen LogP contribution in [-0.4, -0.2) is 11.6 Å². The summed E-state index contributed by atoms with van der Waals surface area (Å²) in [6.07, 6.45) is 0. The Kier molecular flexibility index (Phi) is 3.21. The van der Waals surface area contributed by atoms with Gasteiger partial charge in [0.15, 0.2) is 5.13 Å². The highest BCUT2D eigenvalue weighted by atomic mass is 35.5. The number of halogens is 1. The van der Waals surface area contributed by atoms with Gasteiger partial charge in [-0.1, -0.05) is 36.8 Å². The third-order valence-corrected chi connectivity index (χ3v) is 3.14. The van der Waals surface area contributed by atoms with E-state index in [0.717, 1.165) is 16.0 Å². The average Bonchev–Trinajstić information content (AvgIpc) is 2.56. The largest absolute Gasteiger partial charge is 0.493 e. The molecule has 16 heavy (non-hydrogen) atoms. The van der Waals surface area contributed by atoms with Crippen LogP contribution in [0.5, 0.6) is 5.75 Å². The van der Waals surface area contributed by atoms with E-state index in [-0.39, 0.29) is 0 Å². The summed E-state index contributed by atoms with van der Waals surface area (Å²) in [5, 5.41) is 1.11. The van der Waals surface area contributed by atoms with Crippen molar-refractivity contribution in [2.75, 3.05) is 12.3 Å². The van der Waals surface area contributed by atoms with Crippen molar-refractivity contribution in [1.82, 2.24) is 4.98 Å². The lowest BCUT2D eigenvalue weighted by Crippen LogP contribution is -2.04. The summed E-state index contributed by atoms with van der Waals surface area (Å²) < 4.78 is 6.58. The van der Waals surface area contributed by atoms with Gasteiger partial charge in [-0.2, -0.15) is 0 Å². The summed E-state index contributed by atoms with van der Waals surface area (Å²) in [6, 6.07) is 3.71. The molecule has 3 nitrogen and oxygen atoms in total.